The number of anilines is 1. The molecule has 1 atom stereocenters. The summed E-state index contributed by atoms with van der Waals surface area (Å²) in [6.45, 7) is 8.15. The fraction of sp³-hybridized carbons (Fsp3) is 0.667. The molecule has 0 radical (unpaired) electrons. The summed E-state index contributed by atoms with van der Waals surface area (Å²) in [5.74, 6) is 0.201. The lowest BCUT2D eigenvalue weighted by Gasteiger charge is -2.31. The minimum absolute atomic E-state index is 0.0288. The maximum absolute atomic E-state index is 12.1. The van der Waals surface area contributed by atoms with Crippen LogP contribution in [-0.2, 0) is 9.59 Å². The molecule has 1 N–H and O–H groups in total. The van der Waals surface area contributed by atoms with Gasteiger partial charge in [-0.05, 0) is 27.7 Å². The largest absolute Gasteiger partial charge is 0.337 e. The zero-order chi connectivity index (χ0) is 14.2. The van der Waals surface area contributed by atoms with Gasteiger partial charge in [-0.3, -0.25) is 9.59 Å². The predicted molar refractivity (Wildman–Crippen MR) is 72.8 cm³/mol. The van der Waals surface area contributed by atoms with Crippen LogP contribution in [0.2, 0.25) is 0 Å². The topological polar surface area (TPSA) is 75.2 Å². The van der Waals surface area contributed by atoms with Crippen LogP contribution in [0.15, 0.2) is 0 Å². The first kappa shape index (κ1) is 13.9. The van der Waals surface area contributed by atoms with Crippen molar-refractivity contribution in [3.63, 3.8) is 0 Å². The molecule has 0 aromatic carbocycles. The molecule has 1 aromatic rings. The number of nitrogens with one attached hydrogen (secondary N) is 1. The van der Waals surface area contributed by atoms with Gasteiger partial charge in [0.05, 0.1) is 5.92 Å². The van der Waals surface area contributed by atoms with E-state index in [9.17, 15) is 9.59 Å². The summed E-state index contributed by atoms with van der Waals surface area (Å²) >= 11 is 1.15. The first-order valence-electron chi connectivity index (χ1n) is 6.19. The van der Waals surface area contributed by atoms with Crippen LogP contribution in [0.5, 0.6) is 0 Å². The molecule has 0 saturated carbocycles. The highest BCUT2D eigenvalue weighted by molar-refractivity contribution is 7.09. The SMILES string of the molecule is Cc1nsc(NC(=O)C2CC(=O)N(C(C)(C)C)C2)n1. The second kappa shape index (κ2) is 4.88. The number of likely N-dealkylation sites (tertiary alicyclic amines) is 1. The van der Waals surface area contributed by atoms with Crippen LogP contribution in [0.25, 0.3) is 0 Å². The van der Waals surface area contributed by atoms with Crippen molar-refractivity contribution in [2.75, 3.05) is 11.9 Å². The van der Waals surface area contributed by atoms with E-state index < -0.39 is 0 Å². The van der Waals surface area contributed by atoms with Gasteiger partial charge in [-0.25, -0.2) is 4.98 Å². The standard InChI is InChI=1S/C12H18N4O2S/c1-7-13-11(19-15-7)14-10(18)8-5-9(17)16(6-8)12(2,3)4/h8H,5-6H2,1-4H3,(H,13,14,15,18). The summed E-state index contributed by atoms with van der Waals surface area (Å²) in [5, 5.41) is 3.21. The number of aromatic nitrogens is 2. The summed E-state index contributed by atoms with van der Waals surface area (Å²) in [6, 6.07) is 0. The third kappa shape index (κ3) is 3.09. The van der Waals surface area contributed by atoms with Crippen molar-refractivity contribution in [3.8, 4) is 0 Å². The lowest BCUT2D eigenvalue weighted by molar-refractivity contribution is -0.131. The van der Waals surface area contributed by atoms with Gasteiger partial charge in [0.25, 0.3) is 0 Å². The zero-order valence-corrected chi connectivity index (χ0v) is 12.4. The maximum atomic E-state index is 12.1. The lowest BCUT2D eigenvalue weighted by Crippen LogP contribution is -2.42. The van der Waals surface area contributed by atoms with Crippen LogP contribution < -0.4 is 5.32 Å². The summed E-state index contributed by atoms with van der Waals surface area (Å²) in [5.41, 5.74) is -0.245. The minimum atomic E-state index is -0.309. The number of nitrogens with zero attached hydrogens (tertiary/aromatic N) is 3. The molecular weight excluding hydrogens is 264 g/mol. The summed E-state index contributed by atoms with van der Waals surface area (Å²) in [6.07, 6.45) is 0.265. The second-order valence-corrected chi connectivity index (χ2v) is 6.46. The van der Waals surface area contributed by atoms with Gasteiger partial charge in [0.2, 0.25) is 16.9 Å². The Morgan fingerprint density at radius 3 is 2.63 bits per heavy atom. The fourth-order valence-electron chi connectivity index (χ4n) is 2.09. The van der Waals surface area contributed by atoms with Crippen molar-refractivity contribution in [2.24, 2.45) is 5.92 Å². The number of rotatable bonds is 2. The van der Waals surface area contributed by atoms with Gasteiger partial charge in [-0.1, -0.05) is 0 Å². The highest BCUT2D eigenvalue weighted by Crippen LogP contribution is 2.26. The molecule has 2 amide bonds. The van der Waals surface area contributed by atoms with E-state index in [1.807, 2.05) is 20.8 Å². The van der Waals surface area contributed by atoms with Crippen LogP contribution in [0, 0.1) is 12.8 Å². The summed E-state index contributed by atoms with van der Waals surface area (Å²) in [4.78, 5) is 29.8. The number of carbonyl (C=O) groups is 2. The smallest absolute Gasteiger partial charge is 0.231 e. The molecule has 1 unspecified atom stereocenters. The van der Waals surface area contributed by atoms with Gasteiger partial charge in [-0.2, -0.15) is 4.37 Å². The molecule has 1 aliphatic rings. The zero-order valence-electron chi connectivity index (χ0n) is 11.6. The molecule has 1 aromatic heterocycles. The Morgan fingerprint density at radius 2 is 2.16 bits per heavy atom. The number of aryl methyl sites for hydroxylation is 1. The molecule has 0 spiro atoms. The molecule has 0 bridgehead atoms. The van der Waals surface area contributed by atoms with Crippen molar-refractivity contribution >= 4 is 28.5 Å². The van der Waals surface area contributed by atoms with Crippen molar-refractivity contribution in [3.05, 3.63) is 5.82 Å². The Morgan fingerprint density at radius 1 is 1.47 bits per heavy atom. The normalized spacial score (nSPS) is 19.9. The van der Waals surface area contributed by atoms with E-state index in [-0.39, 0.29) is 29.7 Å². The third-order valence-electron chi connectivity index (χ3n) is 3.06. The predicted octanol–water partition coefficient (Wildman–Crippen LogP) is 1.43. The average molecular weight is 282 g/mol. The molecule has 2 heterocycles. The Hall–Kier alpha value is -1.50. The number of hydrogen-bond donors (Lipinski definition) is 1. The Labute approximate surface area is 116 Å². The Bertz CT molecular complexity index is 506. The second-order valence-electron chi connectivity index (χ2n) is 5.71. The van der Waals surface area contributed by atoms with E-state index >= 15 is 0 Å². The van der Waals surface area contributed by atoms with E-state index in [1.165, 1.54) is 0 Å². The molecule has 0 aliphatic carbocycles. The molecule has 104 valence electrons. The van der Waals surface area contributed by atoms with Crippen molar-refractivity contribution < 1.29 is 9.59 Å². The summed E-state index contributed by atoms with van der Waals surface area (Å²) in [7, 11) is 0. The molecule has 1 saturated heterocycles. The monoisotopic (exact) mass is 282 g/mol. The molecule has 2 rings (SSSR count). The van der Waals surface area contributed by atoms with E-state index in [4.69, 9.17) is 0 Å². The summed E-state index contributed by atoms with van der Waals surface area (Å²) < 4.78 is 4.00. The van der Waals surface area contributed by atoms with Crippen LogP contribution in [0.1, 0.15) is 33.0 Å². The minimum Gasteiger partial charge on any atom is -0.337 e. The van der Waals surface area contributed by atoms with E-state index in [0.29, 0.717) is 17.5 Å². The maximum Gasteiger partial charge on any atom is 0.231 e. The van der Waals surface area contributed by atoms with Gasteiger partial charge >= 0.3 is 0 Å². The highest BCUT2D eigenvalue weighted by atomic mass is 32.1. The quantitative estimate of drug-likeness (QED) is 0.890. The highest BCUT2D eigenvalue weighted by Gasteiger charge is 2.39. The Balaban J connectivity index is 2.00. The van der Waals surface area contributed by atoms with E-state index in [2.05, 4.69) is 14.7 Å². The lowest BCUT2D eigenvalue weighted by atomic mass is 10.1. The molecule has 1 fully saturated rings. The molecule has 1 aliphatic heterocycles. The van der Waals surface area contributed by atoms with Crippen LogP contribution >= 0.6 is 11.5 Å². The molecule has 6 nitrogen and oxygen atoms in total. The van der Waals surface area contributed by atoms with E-state index in [1.54, 1.807) is 11.8 Å². The number of amides is 2. The molecule has 7 heteroatoms. The van der Waals surface area contributed by atoms with Crippen molar-refractivity contribution in [2.45, 2.75) is 39.7 Å². The van der Waals surface area contributed by atoms with Gasteiger partial charge in [0.15, 0.2) is 0 Å². The third-order valence-corrected chi connectivity index (χ3v) is 3.79. The average Bonchev–Trinajstić information content (AvgIpc) is 2.84. The van der Waals surface area contributed by atoms with Gasteiger partial charge in [-0.15, -0.1) is 0 Å². The van der Waals surface area contributed by atoms with Crippen LogP contribution in [0.4, 0.5) is 5.13 Å². The first-order chi connectivity index (χ1) is 8.77. The number of hydrogen-bond acceptors (Lipinski definition) is 5. The molecular formula is C12H18N4O2S. The van der Waals surface area contributed by atoms with Crippen LogP contribution in [0.3, 0.4) is 0 Å². The van der Waals surface area contributed by atoms with Crippen LogP contribution in [-0.4, -0.2) is 38.2 Å². The van der Waals surface area contributed by atoms with E-state index in [0.717, 1.165) is 11.5 Å². The first-order valence-corrected chi connectivity index (χ1v) is 6.96. The van der Waals surface area contributed by atoms with Crippen molar-refractivity contribution in [1.29, 1.82) is 0 Å². The van der Waals surface area contributed by atoms with Gasteiger partial charge < -0.3 is 10.2 Å². The number of carbonyl (C=O) groups excluding carboxylic acids is 2. The molecule has 19 heavy (non-hydrogen) atoms. The van der Waals surface area contributed by atoms with Gasteiger partial charge in [0, 0.05) is 30.0 Å². The van der Waals surface area contributed by atoms with Crippen molar-refractivity contribution in [1.82, 2.24) is 14.3 Å². The van der Waals surface area contributed by atoms with Gasteiger partial charge in [0.1, 0.15) is 5.82 Å². The Kier molecular flexibility index (Phi) is 3.58. The fourth-order valence-corrected chi connectivity index (χ4v) is 2.67.